The van der Waals surface area contributed by atoms with Crippen molar-refractivity contribution in [2.75, 3.05) is 7.11 Å². The zero-order valence-electron chi connectivity index (χ0n) is 9.96. The number of rotatable bonds is 4. The zero-order chi connectivity index (χ0) is 13.7. The van der Waals surface area contributed by atoms with Crippen LogP contribution in [0.1, 0.15) is 18.1 Å². The summed E-state index contributed by atoms with van der Waals surface area (Å²) in [5.41, 5.74) is -0.306. The molecule has 0 amide bonds. The lowest BCUT2D eigenvalue weighted by atomic mass is 10.1. The summed E-state index contributed by atoms with van der Waals surface area (Å²) in [7, 11) is 1.23. The Morgan fingerprint density at radius 1 is 1.50 bits per heavy atom. The van der Waals surface area contributed by atoms with Crippen LogP contribution in [0.3, 0.4) is 0 Å². The predicted octanol–water partition coefficient (Wildman–Crippen LogP) is 1.49. The first-order valence-corrected chi connectivity index (χ1v) is 5.18. The Labute approximate surface area is 103 Å². The molecule has 6 heteroatoms. The summed E-state index contributed by atoms with van der Waals surface area (Å²) in [6.07, 6.45) is 0. The molecule has 4 nitrogen and oxygen atoms in total. The average molecular weight is 254 g/mol. The molecule has 1 N–H and O–H groups in total. The third-order valence-corrected chi connectivity index (χ3v) is 2.41. The number of carbonyl (C=O) groups is 1. The van der Waals surface area contributed by atoms with E-state index in [-0.39, 0.29) is 17.7 Å². The fourth-order valence-electron chi connectivity index (χ4n) is 1.35. The second-order valence-electron chi connectivity index (χ2n) is 3.66. The van der Waals surface area contributed by atoms with E-state index in [1.165, 1.54) is 14.0 Å². The third-order valence-electron chi connectivity index (χ3n) is 2.41. The molecule has 18 heavy (non-hydrogen) atoms. The minimum absolute atomic E-state index is 0.0882. The summed E-state index contributed by atoms with van der Waals surface area (Å²) in [6, 6.07) is 2.87. The largest absolute Gasteiger partial charge is 0.468 e. The molecule has 0 bridgehead atoms. The topological polar surface area (TPSA) is 62.1 Å². The van der Waals surface area contributed by atoms with Gasteiger partial charge in [0.15, 0.2) is 0 Å². The van der Waals surface area contributed by atoms with Gasteiger partial charge >= 0.3 is 5.97 Å². The van der Waals surface area contributed by atoms with Crippen LogP contribution in [0.15, 0.2) is 12.1 Å². The Morgan fingerprint density at radius 3 is 2.50 bits per heavy atom. The van der Waals surface area contributed by atoms with Crippen LogP contribution in [-0.4, -0.2) is 19.1 Å². The quantitative estimate of drug-likeness (QED) is 0.827. The second-order valence-corrected chi connectivity index (χ2v) is 3.66. The van der Waals surface area contributed by atoms with Crippen molar-refractivity contribution in [3.8, 4) is 6.07 Å². The van der Waals surface area contributed by atoms with Crippen LogP contribution >= 0.6 is 0 Å². The maximum atomic E-state index is 13.5. The lowest BCUT2D eigenvalue weighted by Crippen LogP contribution is -2.34. The van der Waals surface area contributed by atoms with Crippen molar-refractivity contribution < 1.29 is 18.3 Å². The fraction of sp³-hybridized carbons (Fsp3) is 0.333. The van der Waals surface area contributed by atoms with E-state index in [0.717, 1.165) is 12.1 Å². The number of nitriles is 1. The number of halogens is 2. The molecular formula is C12H12F2N2O2. The number of esters is 1. The maximum absolute atomic E-state index is 13.5. The molecule has 96 valence electrons. The number of nitrogens with one attached hydrogen (secondary N) is 1. The highest BCUT2D eigenvalue weighted by Gasteiger charge is 2.16. The van der Waals surface area contributed by atoms with Crippen LogP contribution in [0.2, 0.25) is 0 Å². The Balaban J connectivity index is 2.80. The summed E-state index contributed by atoms with van der Waals surface area (Å²) in [5.74, 6) is -2.17. The zero-order valence-corrected chi connectivity index (χ0v) is 9.96. The van der Waals surface area contributed by atoms with Crippen molar-refractivity contribution in [1.29, 1.82) is 5.26 Å². The maximum Gasteiger partial charge on any atom is 0.322 e. The second kappa shape index (κ2) is 6.07. The lowest BCUT2D eigenvalue weighted by molar-refractivity contribution is -0.142. The van der Waals surface area contributed by atoms with Gasteiger partial charge in [0.1, 0.15) is 17.7 Å². The first-order chi connectivity index (χ1) is 8.49. The van der Waals surface area contributed by atoms with Crippen LogP contribution in [0, 0.1) is 23.0 Å². The molecule has 0 aliphatic rings. The first kappa shape index (κ1) is 14.1. The van der Waals surface area contributed by atoms with Crippen molar-refractivity contribution in [1.82, 2.24) is 5.32 Å². The van der Waals surface area contributed by atoms with Gasteiger partial charge in [0.25, 0.3) is 0 Å². The molecular weight excluding hydrogens is 242 g/mol. The van der Waals surface area contributed by atoms with E-state index in [2.05, 4.69) is 10.1 Å². The van der Waals surface area contributed by atoms with Gasteiger partial charge in [0.2, 0.25) is 0 Å². The summed E-state index contributed by atoms with van der Waals surface area (Å²) < 4.78 is 31.4. The van der Waals surface area contributed by atoms with E-state index >= 15 is 0 Å². The van der Waals surface area contributed by atoms with Crippen LogP contribution in [-0.2, 0) is 16.1 Å². The third kappa shape index (κ3) is 3.25. The van der Waals surface area contributed by atoms with Crippen molar-refractivity contribution >= 4 is 5.97 Å². The number of carbonyl (C=O) groups excluding carboxylic acids is 1. The molecule has 0 saturated heterocycles. The van der Waals surface area contributed by atoms with Gasteiger partial charge in [-0.05, 0) is 19.1 Å². The molecule has 0 fully saturated rings. The number of methoxy groups -OCH3 is 1. The van der Waals surface area contributed by atoms with E-state index in [1.807, 2.05) is 0 Å². The molecule has 1 atom stereocenters. The SMILES string of the molecule is COC(=O)C(C)NCc1c(F)cc(C#N)cc1F. The molecule has 1 unspecified atom stereocenters. The van der Waals surface area contributed by atoms with Gasteiger partial charge in [-0.25, -0.2) is 8.78 Å². The Hall–Kier alpha value is -2.00. The van der Waals surface area contributed by atoms with Crippen molar-refractivity contribution in [2.24, 2.45) is 0 Å². The van der Waals surface area contributed by atoms with E-state index < -0.39 is 23.6 Å². The van der Waals surface area contributed by atoms with Gasteiger partial charge in [0.05, 0.1) is 18.7 Å². The Kier molecular flexibility index (Phi) is 4.75. The smallest absolute Gasteiger partial charge is 0.322 e. The fourth-order valence-corrected chi connectivity index (χ4v) is 1.35. The molecule has 0 aliphatic carbocycles. The highest BCUT2D eigenvalue weighted by molar-refractivity contribution is 5.75. The number of hydrogen-bond acceptors (Lipinski definition) is 4. The minimum Gasteiger partial charge on any atom is -0.468 e. The highest BCUT2D eigenvalue weighted by Crippen LogP contribution is 2.15. The Morgan fingerprint density at radius 2 is 2.06 bits per heavy atom. The standard InChI is InChI=1S/C12H12F2N2O2/c1-7(12(17)18-2)16-6-9-10(13)3-8(5-15)4-11(9)14/h3-4,7,16H,6H2,1-2H3. The van der Waals surface area contributed by atoms with E-state index in [0.29, 0.717) is 0 Å². The molecule has 0 radical (unpaired) electrons. The molecule has 0 aromatic heterocycles. The van der Waals surface area contributed by atoms with Gasteiger partial charge < -0.3 is 10.1 Å². The van der Waals surface area contributed by atoms with Crippen LogP contribution in [0.5, 0.6) is 0 Å². The lowest BCUT2D eigenvalue weighted by Gasteiger charge is -2.12. The summed E-state index contributed by atoms with van der Waals surface area (Å²) in [5, 5.41) is 11.2. The number of nitrogens with zero attached hydrogens (tertiary/aromatic N) is 1. The van der Waals surface area contributed by atoms with Crippen LogP contribution in [0.25, 0.3) is 0 Å². The van der Waals surface area contributed by atoms with Crippen LogP contribution in [0.4, 0.5) is 8.78 Å². The number of hydrogen-bond donors (Lipinski definition) is 1. The summed E-state index contributed by atoms with van der Waals surface area (Å²) >= 11 is 0. The molecule has 0 spiro atoms. The highest BCUT2D eigenvalue weighted by atomic mass is 19.1. The van der Waals surface area contributed by atoms with Gasteiger partial charge in [-0.15, -0.1) is 0 Å². The molecule has 0 aliphatic heterocycles. The summed E-state index contributed by atoms with van der Waals surface area (Å²) in [4.78, 5) is 11.1. The van der Waals surface area contributed by atoms with E-state index in [9.17, 15) is 13.6 Å². The molecule has 1 aromatic carbocycles. The van der Waals surface area contributed by atoms with Gasteiger partial charge in [-0.3, -0.25) is 4.79 Å². The predicted molar refractivity (Wildman–Crippen MR) is 59.4 cm³/mol. The molecule has 0 heterocycles. The monoisotopic (exact) mass is 254 g/mol. The molecule has 1 rings (SSSR count). The molecule has 1 aromatic rings. The van der Waals surface area contributed by atoms with Gasteiger partial charge in [-0.1, -0.05) is 0 Å². The Bertz CT molecular complexity index is 474. The first-order valence-electron chi connectivity index (χ1n) is 5.18. The average Bonchev–Trinajstić information content (AvgIpc) is 2.36. The van der Waals surface area contributed by atoms with E-state index in [4.69, 9.17) is 5.26 Å². The minimum atomic E-state index is -0.823. The van der Waals surface area contributed by atoms with Gasteiger partial charge in [0, 0.05) is 12.1 Å². The van der Waals surface area contributed by atoms with Crippen molar-refractivity contribution in [3.63, 3.8) is 0 Å². The normalized spacial score (nSPS) is 11.7. The van der Waals surface area contributed by atoms with Crippen molar-refractivity contribution in [2.45, 2.75) is 19.5 Å². The molecule has 0 saturated carbocycles. The number of ether oxygens (including phenoxy) is 1. The summed E-state index contributed by atoms with van der Waals surface area (Å²) in [6.45, 7) is 1.35. The van der Waals surface area contributed by atoms with Crippen LogP contribution < -0.4 is 5.32 Å². The van der Waals surface area contributed by atoms with E-state index in [1.54, 1.807) is 6.07 Å². The number of benzene rings is 1. The van der Waals surface area contributed by atoms with Gasteiger partial charge in [-0.2, -0.15) is 5.26 Å². The van der Waals surface area contributed by atoms with Crippen molar-refractivity contribution in [3.05, 3.63) is 34.9 Å².